The van der Waals surface area contributed by atoms with Crippen LogP contribution in [0.4, 0.5) is 0 Å². The van der Waals surface area contributed by atoms with E-state index in [1.807, 2.05) is 36.4 Å². The summed E-state index contributed by atoms with van der Waals surface area (Å²) in [5, 5.41) is 10.2. The number of carbonyl (C=O) groups excluding carboxylic acids is 1. The van der Waals surface area contributed by atoms with Crippen molar-refractivity contribution in [2.75, 3.05) is 0 Å². The SMILES string of the molecule is O=C(c1ccccc1)c1c(-c2ccc(O)cc2)[s+]([O-])c2ccccc12. The molecule has 0 aliphatic carbocycles. The van der Waals surface area contributed by atoms with Gasteiger partial charge in [0.25, 0.3) is 0 Å². The Morgan fingerprint density at radius 3 is 2.20 bits per heavy atom. The van der Waals surface area contributed by atoms with Gasteiger partial charge in [-0.3, -0.25) is 4.79 Å². The van der Waals surface area contributed by atoms with E-state index in [0.717, 1.165) is 0 Å². The Labute approximate surface area is 147 Å². The Morgan fingerprint density at radius 2 is 1.48 bits per heavy atom. The molecule has 0 fully saturated rings. The zero-order chi connectivity index (χ0) is 17.4. The van der Waals surface area contributed by atoms with E-state index >= 15 is 0 Å². The Bertz CT molecular complexity index is 1060. The third-order valence-electron chi connectivity index (χ3n) is 4.16. The number of rotatable bonds is 3. The number of phenols is 1. The molecule has 0 bridgehead atoms. The highest BCUT2D eigenvalue weighted by atomic mass is 32.2. The molecule has 1 atom stereocenters. The highest BCUT2D eigenvalue weighted by Gasteiger charge is 2.29. The van der Waals surface area contributed by atoms with Crippen LogP contribution >= 0.6 is 10.8 Å². The molecule has 0 aliphatic heterocycles. The first-order chi connectivity index (χ1) is 12.2. The number of thiophene rings is 1. The maximum atomic E-state index is 13.2. The number of hydrogen-bond donors (Lipinski definition) is 1. The number of hydrogen-bond acceptors (Lipinski definition) is 3. The fourth-order valence-corrected chi connectivity index (χ4v) is 4.51. The second-order valence-electron chi connectivity index (χ2n) is 5.71. The van der Waals surface area contributed by atoms with Crippen LogP contribution in [0.2, 0.25) is 0 Å². The van der Waals surface area contributed by atoms with E-state index in [4.69, 9.17) is 0 Å². The van der Waals surface area contributed by atoms with Crippen molar-refractivity contribution in [3.05, 3.63) is 90.0 Å². The first-order valence-electron chi connectivity index (χ1n) is 7.81. The molecular formula is C21H14O3S. The van der Waals surface area contributed by atoms with E-state index in [2.05, 4.69) is 0 Å². The molecule has 1 aromatic heterocycles. The predicted octanol–water partition coefficient (Wildman–Crippen LogP) is 5.17. The summed E-state index contributed by atoms with van der Waals surface area (Å²) in [4.78, 5) is 13.7. The third-order valence-corrected chi connectivity index (χ3v) is 5.73. The zero-order valence-electron chi connectivity index (χ0n) is 13.2. The van der Waals surface area contributed by atoms with Gasteiger partial charge in [-0.1, -0.05) is 42.5 Å². The summed E-state index contributed by atoms with van der Waals surface area (Å²) in [6.07, 6.45) is 0. The average molecular weight is 346 g/mol. The molecule has 1 N–H and O–H groups in total. The molecule has 3 nitrogen and oxygen atoms in total. The van der Waals surface area contributed by atoms with Crippen LogP contribution in [-0.2, 0) is 0 Å². The van der Waals surface area contributed by atoms with Gasteiger partial charge in [0.05, 0.1) is 10.9 Å². The Morgan fingerprint density at radius 1 is 0.840 bits per heavy atom. The van der Waals surface area contributed by atoms with E-state index < -0.39 is 10.8 Å². The Kier molecular flexibility index (Phi) is 3.84. The minimum Gasteiger partial charge on any atom is -0.590 e. The maximum Gasteiger partial charge on any atom is 0.199 e. The van der Waals surface area contributed by atoms with Gasteiger partial charge >= 0.3 is 0 Å². The lowest BCUT2D eigenvalue weighted by atomic mass is 9.98. The number of aromatic hydroxyl groups is 1. The van der Waals surface area contributed by atoms with Crippen molar-refractivity contribution in [3.63, 3.8) is 0 Å². The van der Waals surface area contributed by atoms with Crippen molar-refractivity contribution < 1.29 is 14.5 Å². The molecule has 4 heteroatoms. The molecule has 0 aliphatic rings. The van der Waals surface area contributed by atoms with E-state index in [-0.39, 0.29) is 11.5 Å². The fourth-order valence-electron chi connectivity index (χ4n) is 2.98. The molecule has 1 heterocycles. The van der Waals surface area contributed by atoms with Gasteiger partial charge in [0, 0.05) is 11.1 Å². The molecule has 0 radical (unpaired) electrons. The van der Waals surface area contributed by atoms with Crippen LogP contribution in [0.15, 0.2) is 78.9 Å². The van der Waals surface area contributed by atoms with Crippen molar-refractivity contribution >= 4 is 26.6 Å². The second kappa shape index (κ2) is 6.16. The lowest BCUT2D eigenvalue weighted by molar-refractivity contribution is 0.104. The summed E-state index contributed by atoms with van der Waals surface area (Å²) >= 11 is 0. The number of phenolic OH excluding ortho intramolecular Hbond substituents is 1. The molecule has 0 saturated heterocycles. The highest BCUT2D eigenvalue weighted by Crippen LogP contribution is 2.45. The van der Waals surface area contributed by atoms with Crippen LogP contribution in [0.3, 0.4) is 0 Å². The van der Waals surface area contributed by atoms with Crippen LogP contribution in [-0.4, -0.2) is 15.4 Å². The van der Waals surface area contributed by atoms with E-state index in [1.54, 1.807) is 30.3 Å². The van der Waals surface area contributed by atoms with Crippen molar-refractivity contribution in [1.82, 2.24) is 0 Å². The molecule has 4 aromatic rings. The number of benzene rings is 3. The quantitative estimate of drug-likeness (QED) is 0.411. The smallest absolute Gasteiger partial charge is 0.199 e. The zero-order valence-corrected chi connectivity index (χ0v) is 14.0. The monoisotopic (exact) mass is 346 g/mol. The van der Waals surface area contributed by atoms with E-state index in [9.17, 15) is 14.5 Å². The Balaban J connectivity index is 2.03. The van der Waals surface area contributed by atoms with Crippen molar-refractivity contribution in [2.45, 2.75) is 0 Å². The second-order valence-corrected chi connectivity index (χ2v) is 7.10. The minimum atomic E-state index is -1.44. The van der Waals surface area contributed by atoms with Gasteiger partial charge < -0.3 is 9.66 Å². The summed E-state index contributed by atoms with van der Waals surface area (Å²) in [5.74, 6) is -0.0245. The average Bonchev–Trinajstić information content (AvgIpc) is 2.95. The van der Waals surface area contributed by atoms with Crippen LogP contribution in [0.25, 0.3) is 20.5 Å². The van der Waals surface area contributed by atoms with Crippen molar-refractivity contribution in [3.8, 4) is 16.2 Å². The summed E-state index contributed by atoms with van der Waals surface area (Å²) < 4.78 is 13.7. The molecule has 1 unspecified atom stereocenters. The molecule has 3 aromatic carbocycles. The number of fused-ring (bicyclic) bond motifs is 1. The van der Waals surface area contributed by atoms with Crippen molar-refractivity contribution in [2.24, 2.45) is 0 Å². The van der Waals surface area contributed by atoms with Crippen LogP contribution in [0.5, 0.6) is 5.75 Å². The van der Waals surface area contributed by atoms with E-state index in [0.29, 0.717) is 31.7 Å². The normalized spacial score (nSPS) is 11.6. The van der Waals surface area contributed by atoms with Crippen molar-refractivity contribution in [1.29, 1.82) is 0 Å². The van der Waals surface area contributed by atoms with Crippen LogP contribution in [0, 0.1) is 0 Å². The maximum absolute atomic E-state index is 13.2. The lowest BCUT2D eigenvalue weighted by Gasteiger charge is -2.04. The van der Waals surface area contributed by atoms with E-state index in [1.165, 1.54) is 12.1 Å². The first-order valence-corrected chi connectivity index (χ1v) is 8.96. The first kappa shape index (κ1) is 15.6. The highest BCUT2D eigenvalue weighted by molar-refractivity contribution is 7.35. The summed E-state index contributed by atoms with van der Waals surface area (Å²) in [5.41, 5.74) is 1.69. The minimum absolute atomic E-state index is 0.126. The third kappa shape index (κ3) is 2.61. The van der Waals surface area contributed by atoms with Gasteiger partial charge in [-0.2, -0.15) is 0 Å². The molecule has 0 saturated carbocycles. The largest absolute Gasteiger partial charge is 0.590 e. The summed E-state index contributed by atoms with van der Waals surface area (Å²) in [7, 11) is -1.44. The molecule has 0 spiro atoms. The molecular weight excluding hydrogens is 332 g/mol. The van der Waals surface area contributed by atoms with Crippen LogP contribution < -0.4 is 0 Å². The van der Waals surface area contributed by atoms with Gasteiger partial charge in [-0.05, 0) is 47.1 Å². The van der Waals surface area contributed by atoms with Gasteiger partial charge in [0.2, 0.25) is 0 Å². The van der Waals surface area contributed by atoms with Crippen LogP contribution in [0.1, 0.15) is 15.9 Å². The lowest BCUT2D eigenvalue weighted by Crippen LogP contribution is -2.01. The summed E-state index contributed by atoms with van der Waals surface area (Å²) in [6, 6.07) is 22.7. The molecule has 122 valence electrons. The summed E-state index contributed by atoms with van der Waals surface area (Å²) in [6.45, 7) is 0. The van der Waals surface area contributed by atoms with Gasteiger partial charge in [-0.15, -0.1) is 0 Å². The Hall–Kier alpha value is -2.95. The number of carbonyl (C=O) groups is 1. The molecule has 4 rings (SSSR count). The topological polar surface area (TPSA) is 60.4 Å². The number of ketones is 1. The van der Waals surface area contributed by atoms with Gasteiger partial charge in [0.15, 0.2) is 15.4 Å². The van der Waals surface area contributed by atoms with Gasteiger partial charge in [-0.25, -0.2) is 0 Å². The fraction of sp³-hybridized carbons (Fsp3) is 0. The standard InChI is InChI=1S/C21H14O3S/c22-16-12-10-15(11-13-16)21-19(20(23)14-6-2-1-3-7-14)17-8-4-5-9-18(17)25(21)24/h1-13,22H. The molecule has 25 heavy (non-hydrogen) atoms. The predicted molar refractivity (Wildman–Crippen MR) is 99.6 cm³/mol. The molecule has 0 amide bonds. The van der Waals surface area contributed by atoms with Gasteiger partial charge in [0.1, 0.15) is 5.75 Å².